The van der Waals surface area contributed by atoms with Crippen molar-refractivity contribution in [3.8, 4) is 0 Å². The molecule has 0 aliphatic heterocycles. The van der Waals surface area contributed by atoms with Crippen LogP contribution >= 0.6 is 0 Å². The van der Waals surface area contributed by atoms with Crippen LogP contribution in [-0.2, 0) is 9.63 Å². The molecule has 15 heavy (non-hydrogen) atoms. The van der Waals surface area contributed by atoms with Crippen molar-refractivity contribution >= 4 is 12.0 Å². The Morgan fingerprint density at radius 2 is 1.93 bits per heavy atom. The highest BCUT2D eigenvalue weighted by atomic mass is 16.7. The van der Waals surface area contributed by atoms with Crippen molar-refractivity contribution in [2.75, 3.05) is 14.2 Å². The molecule has 0 heterocycles. The van der Waals surface area contributed by atoms with Crippen LogP contribution in [0.3, 0.4) is 0 Å². The molecule has 0 spiro atoms. The summed E-state index contributed by atoms with van der Waals surface area (Å²) in [5.41, 5.74) is 1.65. The fourth-order valence-corrected chi connectivity index (χ4v) is 1.19. The second kappa shape index (κ2) is 5.32. The quantitative estimate of drug-likeness (QED) is 0.558. The zero-order valence-electron chi connectivity index (χ0n) is 9.23. The van der Waals surface area contributed by atoms with Crippen molar-refractivity contribution in [3.63, 3.8) is 0 Å². The van der Waals surface area contributed by atoms with Crippen molar-refractivity contribution in [1.29, 1.82) is 0 Å². The summed E-state index contributed by atoms with van der Waals surface area (Å²) in [6.07, 6.45) is 1.83. The maximum Gasteiger partial charge on any atom is 0.272 e. The Hall–Kier alpha value is -1.61. The summed E-state index contributed by atoms with van der Waals surface area (Å²) in [6.45, 7) is 1.77. The zero-order chi connectivity index (χ0) is 11.3. The Kier molecular flexibility index (Phi) is 4.06. The Labute approximate surface area is 89.9 Å². The van der Waals surface area contributed by atoms with Gasteiger partial charge in [0.2, 0.25) is 0 Å². The largest absolute Gasteiger partial charge is 0.274 e. The van der Waals surface area contributed by atoms with Gasteiger partial charge in [0.05, 0.1) is 7.11 Å². The molecule has 0 aliphatic rings. The molecule has 1 rings (SSSR count). The Morgan fingerprint density at radius 3 is 2.47 bits per heavy atom. The monoisotopic (exact) mass is 205 g/mol. The molecule has 0 bridgehead atoms. The Morgan fingerprint density at radius 1 is 1.33 bits per heavy atom. The highest BCUT2D eigenvalue weighted by molar-refractivity contribution is 5.96. The minimum Gasteiger partial charge on any atom is -0.274 e. The van der Waals surface area contributed by atoms with Gasteiger partial charge in [-0.1, -0.05) is 30.3 Å². The molecule has 0 radical (unpaired) electrons. The molecule has 0 saturated heterocycles. The minimum absolute atomic E-state index is 0.138. The molecule has 0 fully saturated rings. The summed E-state index contributed by atoms with van der Waals surface area (Å²) >= 11 is 0. The number of hydrogen-bond acceptors (Lipinski definition) is 2. The van der Waals surface area contributed by atoms with Crippen LogP contribution in [0.4, 0.5) is 0 Å². The van der Waals surface area contributed by atoms with E-state index in [1.807, 2.05) is 36.4 Å². The first-order valence-corrected chi connectivity index (χ1v) is 4.70. The molecule has 1 amide bonds. The summed E-state index contributed by atoms with van der Waals surface area (Å²) in [7, 11) is 3.05. The van der Waals surface area contributed by atoms with Gasteiger partial charge in [-0.2, -0.15) is 0 Å². The number of benzene rings is 1. The van der Waals surface area contributed by atoms with E-state index in [2.05, 4.69) is 0 Å². The van der Waals surface area contributed by atoms with Gasteiger partial charge < -0.3 is 0 Å². The molecule has 3 heteroatoms. The van der Waals surface area contributed by atoms with Crippen LogP contribution in [0.1, 0.15) is 12.5 Å². The van der Waals surface area contributed by atoms with Gasteiger partial charge in [0.1, 0.15) is 0 Å². The van der Waals surface area contributed by atoms with Gasteiger partial charge in [-0.3, -0.25) is 9.63 Å². The first kappa shape index (κ1) is 11.5. The topological polar surface area (TPSA) is 29.5 Å². The number of hydroxylamine groups is 2. The number of carbonyl (C=O) groups is 1. The standard InChI is InChI=1S/C12H15NO2/c1-10(12(14)13(2)15-3)9-11-7-5-4-6-8-11/h4-9H,1-3H3. The number of hydrogen-bond donors (Lipinski definition) is 0. The molecule has 0 aliphatic carbocycles. The second-order valence-electron chi connectivity index (χ2n) is 3.22. The van der Waals surface area contributed by atoms with E-state index in [1.165, 1.54) is 12.2 Å². The lowest BCUT2D eigenvalue weighted by molar-refractivity contribution is -0.163. The van der Waals surface area contributed by atoms with Gasteiger partial charge >= 0.3 is 0 Å². The normalized spacial score (nSPS) is 11.3. The molecule has 0 N–H and O–H groups in total. The summed E-state index contributed by atoms with van der Waals surface area (Å²) < 4.78 is 0. The van der Waals surface area contributed by atoms with E-state index in [9.17, 15) is 4.79 Å². The van der Waals surface area contributed by atoms with Crippen molar-refractivity contribution in [3.05, 3.63) is 41.5 Å². The van der Waals surface area contributed by atoms with Gasteiger partial charge in [-0.25, -0.2) is 5.06 Å². The smallest absolute Gasteiger partial charge is 0.272 e. The average Bonchev–Trinajstić information content (AvgIpc) is 2.28. The third-order valence-electron chi connectivity index (χ3n) is 2.08. The zero-order valence-corrected chi connectivity index (χ0v) is 9.23. The van der Waals surface area contributed by atoms with Crippen molar-refractivity contribution in [2.24, 2.45) is 0 Å². The number of carbonyl (C=O) groups excluding carboxylic acids is 1. The molecule has 0 aromatic heterocycles. The van der Waals surface area contributed by atoms with Crippen LogP contribution in [0.25, 0.3) is 6.08 Å². The molecule has 0 saturated carbocycles. The third-order valence-corrected chi connectivity index (χ3v) is 2.08. The van der Waals surface area contributed by atoms with E-state index in [1.54, 1.807) is 14.0 Å². The van der Waals surface area contributed by atoms with Crippen LogP contribution in [0.2, 0.25) is 0 Å². The van der Waals surface area contributed by atoms with Crippen molar-refractivity contribution < 1.29 is 9.63 Å². The summed E-state index contributed by atoms with van der Waals surface area (Å²) in [4.78, 5) is 16.4. The fraction of sp³-hybridized carbons (Fsp3) is 0.250. The molecule has 1 aromatic rings. The molecule has 3 nitrogen and oxygen atoms in total. The molecule has 80 valence electrons. The van der Waals surface area contributed by atoms with Gasteiger partial charge in [-0.05, 0) is 18.6 Å². The van der Waals surface area contributed by atoms with Crippen molar-refractivity contribution in [2.45, 2.75) is 6.92 Å². The average molecular weight is 205 g/mol. The maximum atomic E-state index is 11.6. The van der Waals surface area contributed by atoms with E-state index in [4.69, 9.17) is 4.84 Å². The second-order valence-corrected chi connectivity index (χ2v) is 3.22. The highest BCUT2D eigenvalue weighted by Crippen LogP contribution is 2.08. The van der Waals surface area contributed by atoms with E-state index >= 15 is 0 Å². The predicted octanol–water partition coefficient (Wildman–Crippen LogP) is 2.11. The van der Waals surface area contributed by atoms with Crippen LogP contribution in [0.5, 0.6) is 0 Å². The van der Waals surface area contributed by atoms with E-state index in [0.717, 1.165) is 5.56 Å². The van der Waals surface area contributed by atoms with Gasteiger partial charge in [0.25, 0.3) is 5.91 Å². The number of rotatable bonds is 3. The molecular weight excluding hydrogens is 190 g/mol. The first-order valence-electron chi connectivity index (χ1n) is 4.70. The SMILES string of the molecule is CON(C)C(=O)C(C)=Cc1ccccc1. The van der Waals surface area contributed by atoms with E-state index in [-0.39, 0.29) is 5.91 Å². The molecule has 0 atom stereocenters. The fourth-order valence-electron chi connectivity index (χ4n) is 1.19. The van der Waals surface area contributed by atoms with Crippen molar-refractivity contribution in [1.82, 2.24) is 5.06 Å². The van der Waals surface area contributed by atoms with E-state index in [0.29, 0.717) is 5.57 Å². The summed E-state index contributed by atoms with van der Waals surface area (Å²) in [5, 5.41) is 1.20. The van der Waals surface area contributed by atoms with Crippen LogP contribution in [-0.4, -0.2) is 25.1 Å². The Bertz CT molecular complexity index is 357. The van der Waals surface area contributed by atoms with Gasteiger partial charge in [0, 0.05) is 12.6 Å². The van der Waals surface area contributed by atoms with Crippen LogP contribution < -0.4 is 0 Å². The number of likely N-dealkylation sites (N-methyl/N-ethyl adjacent to an activating group) is 1. The maximum absolute atomic E-state index is 11.6. The molecule has 0 unspecified atom stereocenters. The summed E-state index contributed by atoms with van der Waals surface area (Å²) in [5.74, 6) is -0.138. The molecular formula is C12H15NO2. The lowest BCUT2D eigenvalue weighted by Crippen LogP contribution is -2.25. The first-order chi connectivity index (χ1) is 7.15. The van der Waals surface area contributed by atoms with E-state index < -0.39 is 0 Å². The predicted molar refractivity (Wildman–Crippen MR) is 59.9 cm³/mol. The lowest BCUT2D eigenvalue weighted by atomic mass is 10.1. The number of nitrogens with zero attached hydrogens (tertiary/aromatic N) is 1. The van der Waals surface area contributed by atoms with Gasteiger partial charge in [-0.15, -0.1) is 0 Å². The lowest BCUT2D eigenvalue weighted by Gasteiger charge is -2.13. The van der Waals surface area contributed by atoms with Gasteiger partial charge in [0.15, 0.2) is 0 Å². The highest BCUT2D eigenvalue weighted by Gasteiger charge is 2.09. The third kappa shape index (κ3) is 3.22. The summed E-state index contributed by atoms with van der Waals surface area (Å²) in [6, 6.07) is 9.70. The Balaban J connectivity index is 2.81. The molecule has 1 aromatic carbocycles. The number of amides is 1. The van der Waals surface area contributed by atoms with Crippen LogP contribution in [0, 0.1) is 0 Å². The minimum atomic E-state index is -0.138. The van der Waals surface area contributed by atoms with Crippen LogP contribution in [0.15, 0.2) is 35.9 Å².